The molecular formula is C60H38N2O. The SMILES string of the molecule is [2H]c1c([2H])c([2H])c(-c2cccc3oc4cc(-n5c6ccccc6c6cc(-c7c([2H])c([2H])c8c(c7[2H])c7ccccc7n8-c7cc(-c8ccccc8)cc(-c8ccccc8)c7)ccc65)ccc4c23)c([2H])c1[2H]. The van der Waals surface area contributed by atoms with Crippen LogP contribution in [0.15, 0.2) is 235 Å². The van der Waals surface area contributed by atoms with Crippen molar-refractivity contribution in [2.24, 2.45) is 0 Å². The molecule has 0 aliphatic carbocycles. The first-order valence-electron chi connectivity index (χ1n) is 24.9. The van der Waals surface area contributed by atoms with Gasteiger partial charge < -0.3 is 13.6 Å². The van der Waals surface area contributed by atoms with Gasteiger partial charge in [-0.05, 0) is 117 Å². The minimum atomic E-state index is -0.443. The fourth-order valence-electron chi connectivity index (χ4n) is 9.46. The Balaban J connectivity index is 0.983. The zero-order valence-corrected chi connectivity index (χ0v) is 33.6. The van der Waals surface area contributed by atoms with Crippen molar-refractivity contribution in [1.29, 1.82) is 0 Å². The highest BCUT2D eigenvalue weighted by Crippen LogP contribution is 2.42. The lowest BCUT2D eigenvalue weighted by Gasteiger charge is -2.14. The Bertz CT molecular complexity index is 4300. The van der Waals surface area contributed by atoms with Gasteiger partial charge in [0.15, 0.2) is 0 Å². The summed E-state index contributed by atoms with van der Waals surface area (Å²) in [6.07, 6.45) is 0. The Kier molecular flexibility index (Phi) is 6.30. The van der Waals surface area contributed by atoms with Crippen LogP contribution in [0, 0.1) is 0 Å². The molecule has 0 saturated heterocycles. The average Bonchev–Trinajstić information content (AvgIpc) is 4.08. The van der Waals surface area contributed by atoms with Crippen molar-refractivity contribution in [2.45, 2.75) is 0 Å². The maximum Gasteiger partial charge on any atom is 0.137 e. The van der Waals surface area contributed by atoms with Gasteiger partial charge in [0.2, 0.25) is 0 Å². The third-order valence-corrected chi connectivity index (χ3v) is 12.3. The minimum Gasteiger partial charge on any atom is -0.456 e. The zero-order chi connectivity index (χ0) is 48.4. The molecule has 0 spiro atoms. The minimum absolute atomic E-state index is 0.0320. The van der Waals surface area contributed by atoms with E-state index < -0.39 is 18.1 Å². The highest BCUT2D eigenvalue weighted by molar-refractivity contribution is 6.15. The largest absolute Gasteiger partial charge is 0.456 e. The molecule has 0 aliphatic heterocycles. The number of furan rings is 1. The number of fused-ring (bicyclic) bond motifs is 9. The predicted octanol–water partition coefficient (Wildman–Crippen LogP) is 16.4. The van der Waals surface area contributed by atoms with Gasteiger partial charge in [-0.15, -0.1) is 0 Å². The second-order valence-electron chi connectivity index (χ2n) is 15.9. The first-order valence-corrected chi connectivity index (χ1v) is 20.9. The summed E-state index contributed by atoms with van der Waals surface area (Å²) in [6, 6.07) is 58.6. The van der Waals surface area contributed by atoms with E-state index in [1.54, 1.807) is 12.1 Å². The van der Waals surface area contributed by atoms with E-state index in [1.165, 1.54) is 0 Å². The zero-order valence-electron chi connectivity index (χ0n) is 41.6. The van der Waals surface area contributed by atoms with Crippen LogP contribution in [0.25, 0.3) is 121 Å². The Morgan fingerprint density at radius 1 is 0.333 bits per heavy atom. The van der Waals surface area contributed by atoms with E-state index in [4.69, 9.17) is 11.3 Å². The van der Waals surface area contributed by atoms with Crippen molar-refractivity contribution < 1.29 is 15.4 Å². The summed E-state index contributed by atoms with van der Waals surface area (Å²) in [5.41, 5.74) is 11.7. The summed E-state index contributed by atoms with van der Waals surface area (Å²) >= 11 is 0. The van der Waals surface area contributed by atoms with Crippen LogP contribution in [0.5, 0.6) is 0 Å². The first kappa shape index (κ1) is 28.2. The molecule has 0 radical (unpaired) electrons. The smallest absolute Gasteiger partial charge is 0.137 e. The van der Waals surface area contributed by atoms with Crippen LogP contribution in [0.2, 0.25) is 0 Å². The molecule has 0 saturated carbocycles. The number of rotatable bonds is 6. The molecule has 3 heterocycles. The summed E-state index contributed by atoms with van der Waals surface area (Å²) in [5, 5.41) is 4.70. The van der Waals surface area contributed by atoms with Crippen molar-refractivity contribution in [2.75, 3.05) is 0 Å². The van der Waals surface area contributed by atoms with Gasteiger partial charge in [-0.2, -0.15) is 0 Å². The lowest BCUT2D eigenvalue weighted by atomic mass is 9.98. The lowest BCUT2D eigenvalue weighted by Crippen LogP contribution is -1.96. The normalized spacial score (nSPS) is 13.6. The summed E-state index contributed by atoms with van der Waals surface area (Å²) < 4.78 is 82.5. The maximum atomic E-state index is 10.0. The molecule has 0 bridgehead atoms. The van der Waals surface area contributed by atoms with E-state index >= 15 is 0 Å². The van der Waals surface area contributed by atoms with Crippen molar-refractivity contribution in [3.05, 3.63) is 230 Å². The van der Waals surface area contributed by atoms with Gasteiger partial charge in [0.1, 0.15) is 11.2 Å². The van der Waals surface area contributed by atoms with Crippen LogP contribution in [-0.2, 0) is 0 Å². The van der Waals surface area contributed by atoms with E-state index in [0.29, 0.717) is 44.1 Å². The quantitative estimate of drug-likeness (QED) is 0.164. The van der Waals surface area contributed by atoms with Gasteiger partial charge in [-0.25, -0.2) is 0 Å². The molecule has 0 N–H and O–H groups in total. The lowest BCUT2D eigenvalue weighted by molar-refractivity contribution is 0.668. The number of nitrogens with zero attached hydrogens (tertiary/aromatic N) is 2. The van der Waals surface area contributed by atoms with Gasteiger partial charge in [0, 0.05) is 49.8 Å². The van der Waals surface area contributed by atoms with Gasteiger partial charge in [0.25, 0.3) is 0 Å². The van der Waals surface area contributed by atoms with Crippen molar-refractivity contribution in [1.82, 2.24) is 9.13 Å². The topological polar surface area (TPSA) is 23.0 Å². The molecule has 3 aromatic heterocycles. The van der Waals surface area contributed by atoms with Crippen LogP contribution in [0.4, 0.5) is 0 Å². The fraction of sp³-hybridized carbons (Fsp3) is 0. The molecule has 13 aromatic rings. The first-order chi connectivity index (χ1) is 34.6. The Hall–Kier alpha value is -8.40. The van der Waals surface area contributed by atoms with E-state index in [2.05, 4.69) is 63.7 Å². The van der Waals surface area contributed by atoms with Crippen LogP contribution in [0.1, 0.15) is 11.0 Å². The van der Waals surface area contributed by atoms with Crippen molar-refractivity contribution in [3.63, 3.8) is 0 Å². The summed E-state index contributed by atoms with van der Waals surface area (Å²) in [4.78, 5) is 0. The highest BCUT2D eigenvalue weighted by Gasteiger charge is 2.19. The number of hydrogen-bond donors (Lipinski definition) is 0. The molecule has 0 unspecified atom stereocenters. The van der Waals surface area contributed by atoms with Crippen molar-refractivity contribution >= 4 is 65.6 Å². The Labute approximate surface area is 375 Å². The summed E-state index contributed by atoms with van der Waals surface area (Å²) in [7, 11) is 0. The van der Waals surface area contributed by atoms with Crippen LogP contribution in [0.3, 0.4) is 0 Å². The van der Waals surface area contributed by atoms with Gasteiger partial charge in [-0.3, -0.25) is 0 Å². The van der Waals surface area contributed by atoms with Crippen LogP contribution >= 0.6 is 0 Å². The monoisotopic (exact) mass is 810 g/mol. The van der Waals surface area contributed by atoms with Crippen LogP contribution in [-0.4, -0.2) is 9.13 Å². The predicted molar refractivity (Wildman–Crippen MR) is 264 cm³/mol. The Morgan fingerprint density at radius 3 is 1.71 bits per heavy atom. The molecule has 0 aliphatic rings. The van der Waals surface area contributed by atoms with E-state index in [1.807, 2.05) is 115 Å². The second kappa shape index (κ2) is 14.1. The molecule has 0 fully saturated rings. The van der Waals surface area contributed by atoms with Gasteiger partial charge in [0.05, 0.1) is 33.0 Å². The molecule has 3 heteroatoms. The average molecular weight is 811 g/mol. The number of hydrogen-bond acceptors (Lipinski definition) is 1. The molecule has 3 nitrogen and oxygen atoms in total. The van der Waals surface area contributed by atoms with Gasteiger partial charge >= 0.3 is 0 Å². The number of aromatic nitrogens is 2. The molecule has 63 heavy (non-hydrogen) atoms. The Morgan fingerprint density at radius 2 is 0.984 bits per heavy atom. The molecule has 0 atom stereocenters. The van der Waals surface area contributed by atoms with E-state index in [0.717, 1.165) is 71.7 Å². The molecule has 0 amide bonds. The third kappa shape index (κ3) is 5.67. The fourth-order valence-corrected chi connectivity index (χ4v) is 9.46. The third-order valence-electron chi connectivity index (χ3n) is 12.3. The summed E-state index contributed by atoms with van der Waals surface area (Å²) in [6.45, 7) is 0. The van der Waals surface area contributed by atoms with E-state index in [-0.39, 0.29) is 35.8 Å². The molecule has 10 aromatic carbocycles. The summed E-state index contributed by atoms with van der Waals surface area (Å²) in [5.74, 6) is 0. The number of benzene rings is 10. The molecule has 294 valence electrons. The van der Waals surface area contributed by atoms with Crippen LogP contribution < -0.4 is 0 Å². The van der Waals surface area contributed by atoms with Crippen molar-refractivity contribution in [3.8, 4) is 55.9 Å². The second-order valence-corrected chi connectivity index (χ2v) is 15.9. The standard InChI is InChI=1S/C60H38N2O/c1-4-15-39(16-5-1)44-33-45(40-17-6-2-7-18-40)35-47(34-44)62-55-25-13-11-22-50(55)53-37-43(28-32-57(53)62)42-27-31-56-52(36-42)49-21-10-12-24-54(49)61(56)46-29-30-51-59(38-46)63-58-26-14-23-48(60(51)58)41-19-8-3-9-20-41/h1-38H/i3D,8D,9D,19D,20D,28D,32D,37D. The maximum absolute atomic E-state index is 10.0. The number of para-hydroxylation sites is 2. The van der Waals surface area contributed by atoms with E-state index in [9.17, 15) is 4.11 Å². The highest BCUT2D eigenvalue weighted by atomic mass is 16.3. The van der Waals surface area contributed by atoms with Gasteiger partial charge in [-0.1, -0.05) is 152 Å². The molecule has 13 rings (SSSR count). The molecular weight excluding hydrogens is 765 g/mol.